The second-order valence-electron chi connectivity index (χ2n) is 9.16. The number of nitrogens with one attached hydrogen (secondary N) is 2. The van der Waals surface area contributed by atoms with Gasteiger partial charge in [-0.05, 0) is 65.5 Å². The number of thiazole rings is 1. The van der Waals surface area contributed by atoms with E-state index in [2.05, 4.69) is 34.4 Å². The summed E-state index contributed by atoms with van der Waals surface area (Å²) >= 11 is 1.02. The van der Waals surface area contributed by atoms with Crippen LogP contribution in [0, 0.1) is 6.92 Å². The number of likely N-dealkylation sites (tertiary alicyclic amines) is 1. The molecule has 0 unspecified atom stereocenters. The zero-order valence-electron chi connectivity index (χ0n) is 22.2. The van der Waals surface area contributed by atoms with Crippen LogP contribution in [0.15, 0.2) is 12.3 Å². The summed E-state index contributed by atoms with van der Waals surface area (Å²) in [5, 5.41) is 15.6. The van der Waals surface area contributed by atoms with E-state index >= 15 is 0 Å². The average Bonchev–Trinajstić information content (AvgIpc) is 3.39. The van der Waals surface area contributed by atoms with Crippen molar-refractivity contribution in [3.63, 3.8) is 0 Å². The normalized spacial score (nSPS) is 18.5. The summed E-state index contributed by atoms with van der Waals surface area (Å²) in [7, 11) is 0. The summed E-state index contributed by atoms with van der Waals surface area (Å²) in [6.07, 6.45) is 4.43. The van der Waals surface area contributed by atoms with Gasteiger partial charge < -0.3 is 20.6 Å². The van der Waals surface area contributed by atoms with E-state index in [1.807, 2.05) is 19.9 Å². The molecule has 0 aliphatic carbocycles. The van der Waals surface area contributed by atoms with Crippen LogP contribution in [0.2, 0.25) is 0 Å². The summed E-state index contributed by atoms with van der Waals surface area (Å²) in [5.41, 5.74) is -0.0929. The van der Waals surface area contributed by atoms with Crippen molar-refractivity contribution in [1.82, 2.24) is 20.2 Å². The van der Waals surface area contributed by atoms with Crippen molar-refractivity contribution >= 4 is 29.0 Å². The molecule has 2 aromatic rings. The minimum absolute atomic E-state index is 0.0514. The molecule has 3 N–H and O–H groups in total. The first kappa shape index (κ1) is 22.3. The smallest absolute Gasteiger partial charge is 0.280 e. The van der Waals surface area contributed by atoms with Gasteiger partial charge in [-0.2, -0.15) is 0 Å². The molecule has 0 aromatic carbocycles. The SMILES string of the molecule is [2H]C([2H])(NC(=O)c1nc(C(=O)N2CCC[C@@H]2C)c(-c2cnc(N[C@H](C)CC)cc2C)s1)C(C)(C)O. The maximum atomic E-state index is 13.5. The predicted octanol–water partition coefficient (Wildman–Crippen LogP) is 3.85. The Morgan fingerprint density at radius 3 is 2.76 bits per heavy atom. The number of aromatic nitrogens is 2. The maximum Gasteiger partial charge on any atom is 0.280 e. The number of amides is 2. The molecule has 3 heterocycles. The first-order valence-corrected chi connectivity index (χ1v) is 12.2. The highest BCUT2D eigenvalue weighted by molar-refractivity contribution is 7.17. The zero-order chi connectivity index (χ0) is 26.1. The minimum Gasteiger partial charge on any atom is -0.389 e. The number of carbonyl (C=O) groups is 2. The topological polar surface area (TPSA) is 107 Å². The summed E-state index contributed by atoms with van der Waals surface area (Å²) < 4.78 is 16.1. The minimum atomic E-state index is -2.40. The highest BCUT2D eigenvalue weighted by Gasteiger charge is 2.32. The van der Waals surface area contributed by atoms with E-state index in [-0.39, 0.29) is 28.7 Å². The van der Waals surface area contributed by atoms with Gasteiger partial charge in [0.2, 0.25) is 0 Å². The molecule has 33 heavy (non-hydrogen) atoms. The number of aryl methyl sites for hydroxylation is 1. The Balaban J connectivity index is 2.03. The summed E-state index contributed by atoms with van der Waals surface area (Å²) in [4.78, 5) is 37.6. The molecule has 0 spiro atoms. The van der Waals surface area contributed by atoms with Gasteiger partial charge in [0.15, 0.2) is 5.01 Å². The lowest BCUT2D eigenvalue weighted by molar-refractivity contribution is 0.0692. The fourth-order valence-electron chi connectivity index (χ4n) is 3.61. The number of hydrogen-bond donors (Lipinski definition) is 3. The lowest BCUT2D eigenvalue weighted by atomic mass is 10.1. The molecule has 0 radical (unpaired) electrons. The average molecular weight is 476 g/mol. The first-order chi connectivity index (χ1) is 16.2. The third-order valence-electron chi connectivity index (χ3n) is 5.68. The third-order valence-corrected chi connectivity index (χ3v) is 6.77. The van der Waals surface area contributed by atoms with E-state index in [9.17, 15) is 14.7 Å². The van der Waals surface area contributed by atoms with E-state index in [0.29, 0.717) is 17.0 Å². The number of nitrogens with zero attached hydrogens (tertiary/aromatic N) is 3. The Labute approximate surface area is 202 Å². The molecule has 2 atom stereocenters. The number of pyridine rings is 1. The van der Waals surface area contributed by atoms with Crippen LogP contribution in [0.5, 0.6) is 0 Å². The Morgan fingerprint density at radius 1 is 1.45 bits per heavy atom. The fraction of sp³-hybridized carbons (Fsp3) is 0.583. The van der Waals surface area contributed by atoms with Crippen molar-refractivity contribution in [3.05, 3.63) is 28.5 Å². The van der Waals surface area contributed by atoms with Crippen molar-refractivity contribution < 1.29 is 17.4 Å². The Morgan fingerprint density at radius 2 is 2.18 bits per heavy atom. The highest BCUT2D eigenvalue weighted by Crippen LogP contribution is 2.35. The van der Waals surface area contributed by atoms with Gasteiger partial charge in [0.1, 0.15) is 11.5 Å². The number of aliphatic hydroxyl groups is 1. The molecule has 3 rings (SSSR count). The Bertz CT molecular complexity index is 1100. The molecule has 1 aliphatic rings. The Hall–Kier alpha value is -2.52. The summed E-state index contributed by atoms with van der Waals surface area (Å²) in [6.45, 7) is 8.82. The molecule has 180 valence electrons. The van der Waals surface area contributed by atoms with E-state index in [0.717, 1.165) is 42.0 Å². The largest absolute Gasteiger partial charge is 0.389 e. The van der Waals surface area contributed by atoms with Crippen molar-refractivity contribution in [2.24, 2.45) is 0 Å². The molecule has 2 aromatic heterocycles. The van der Waals surface area contributed by atoms with Crippen molar-refractivity contribution in [1.29, 1.82) is 0 Å². The molecule has 9 heteroatoms. The number of hydrogen-bond acceptors (Lipinski definition) is 7. The van der Waals surface area contributed by atoms with Crippen LogP contribution in [-0.2, 0) is 0 Å². The standard InChI is InChI=1S/C24H35N5O3S/c1-7-15(3)27-18-11-14(2)17(12-25-18)20-19(23(31)29-10-8-9-16(29)4)28-22(33-20)21(30)26-13-24(5,6)32/h11-12,15-16,32H,7-10,13H2,1-6H3,(H,25,27)(H,26,30)/t15-,16+/m1/s1/i13D2. The molecule has 2 amide bonds. The molecular formula is C24H35N5O3S. The maximum absolute atomic E-state index is 13.5. The van der Waals surface area contributed by atoms with Crippen molar-refractivity contribution in [2.45, 2.75) is 78.5 Å². The van der Waals surface area contributed by atoms with Gasteiger partial charge in [0.25, 0.3) is 11.8 Å². The van der Waals surface area contributed by atoms with Gasteiger partial charge in [-0.15, -0.1) is 11.3 Å². The molecule has 0 bridgehead atoms. The van der Waals surface area contributed by atoms with Gasteiger partial charge in [-0.25, -0.2) is 9.97 Å². The van der Waals surface area contributed by atoms with Gasteiger partial charge >= 0.3 is 0 Å². The molecular weight excluding hydrogens is 438 g/mol. The van der Waals surface area contributed by atoms with Crippen LogP contribution in [0.1, 0.15) is 82.5 Å². The molecule has 1 aliphatic heterocycles. The summed E-state index contributed by atoms with van der Waals surface area (Å²) in [5.74, 6) is -0.327. The fourth-order valence-corrected chi connectivity index (χ4v) is 4.63. The quantitative estimate of drug-likeness (QED) is 0.535. The lowest BCUT2D eigenvalue weighted by Crippen LogP contribution is -2.38. The van der Waals surface area contributed by atoms with Crippen LogP contribution in [-0.4, -0.2) is 62.5 Å². The van der Waals surface area contributed by atoms with Crippen molar-refractivity contribution in [3.8, 4) is 10.4 Å². The molecule has 0 saturated carbocycles. The first-order valence-electron chi connectivity index (χ1n) is 12.4. The van der Waals surface area contributed by atoms with Crippen LogP contribution >= 0.6 is 11.3 Å². The van der Waals surface area contributed by atoms with E-state index in [4.69, 9.17) is 2.74 Å². The zero-order valence-corrected chi connectivity index (χ0v) is 21.0. The monoisotopic (exact) mass is 475 g/mol. The number of rotatable bonds is 8. The van der Waals surface area contributed by atoms with Crippen molar-refractivity contribution in [2.75, 3.05) is 18.4 Å². The van der Waals surface area contributed by atoms with E-state index in [1.54, 1.807) is 11.1 Å². The summed E-state index contributed by atoms with van der Waals surface area (Å²) in [6, 6.07) is 2.23. The van der Waals surface area contributed by atoms with Gasteiger partial charge in [0.05, 0.1) is 13.2 Å². The molecule has 1 fully saturated rings. The molecule has 1 saturated heterocycles. The highest BCUT2D eigenvalue weighted by atomic mass is 32.1. The van der Waals surface area contributed by atoms with E-state index in [1.165, 1.54) is 13.8 Å². The molecule has 8 nitrogen and oxygen atoms in total. The number of carbonyl (C=O) groups excluding carboxylic acids is 2. The van der Waals surface area contributed by atoms with Gasteiger partial charge in [-0.1, -0.05) is 6.92 Å². The van der Waals surface area contributed by atoms with Crippen LogP contribution in [0.25, 0.3) is 10.4 Å². The lowest BCUT2D eigenvalue weighted by Gasteiger charge is -2.21. The van der Waals surface area contributed by atoms with Gasteiger partial charge in [-0.3, -0.25) is 9.59 Å². The van der Waals surface area contributed by atoms with E-state index < -0.39 is 18.0 Å². The Kier molecular flexibility index (Phi) is 6.87. The van der Waals surface area contributed by atoms with Crippen LogP contribution in [0.4, 0.5) is 5.82 Å². The third kappa shape index (κ3) is 6.09. The second kappa shape index (κ2) is 10.2. The van der Waals surface area contributed by atoms with Crippen LogP contribution < -0.4 is 10.6 Å². The number of anilines is 1. The van der Waals surface area contributed by atoms with Gasteiger partial charge in [0, 0.05) is 36.9 Å². The predicted molar refractivity (Wildman–Crippen MR) is 132 cm³/mol. The second-order valence-corrected chi connectivity index (χ2v) is 10.2. The van der Waals surface area contributed by atoms with Crippen LogP contribution in [0.3, 0.4) is 0 Å².